The van der Waals surface area contributed by atoms with Crippen molar-refractivity contribution in [3.05, 3.63) is 30.3 Å². The molecule has 8 heteroatoms. The number of amides is 1. The van der Waals surface area contributed by atoms with Crippen LogP contribution in [0.15, 0.2) is 35.2 Å². The lowest BCUT2D eigenvalue weighted by atomic mass is 10.0. The Morgan fingerprint density at radius 2 is 2.00 bits per heavy atom. The Bertz CT molecular complexity index is 659. The van der Waals surface area contributed by atoms with Crippen molar-refractivity contribution in [2.45, 2.75) is 36.6 Å². The number of hydrogen-bond acceptors (Lipinski definition) is 5. The Balaban J connectivity index is 1.96. The zero-order valence-corrected chi connectivity index (χ0v) is 15.2. The first kappa shape index (κ1) is 19.8. The molecule has 7 nitrogen and oxygen atoms in total. The average Bonchev–Trinajstić information content (AvgIpc) is 3.38. The van der Waals surface area contributed by atoms with Crippen LogP contribution in [0.5, 0.6) is 0 Å². The molecule has 1 saturated carbocycles. The molecule has 1 amide bonds. The molecule has 0 unspecified atom stereocenters. The van der Waals surface area contributed by atoms with E-state index in [4.69, 9.17) is 4.74 Å². The summed E-state index contributed by atoms with van der Waals surface area (Å²) < 4.78 is 32.2. The van der Waals surface area contributed by atoms with E-state index in [0.717, 1.165) is 19.3 Å². The van der Waals surface area contributed by atoms with Gasteiger partial charge in [-0.05, 0) is 43.2 Å². The van der Waals surface area contributed by atoms with E-state index in [9.17, 15) is 18.3 Å². The summed E-state index contributed by atoms with van der Waals surface area (Å²) >= 11 is 0. The maximum atomic E-state index is 12.4. The number of rotatable bonds is 11. The van der Waals surface area contributed by atoms with Crippen molar-refractivity contribution < 1.29 is 23.1 Å². The summed E-state index contributed by atoms with van der Waals surface area (Å²) in [5.74, 6) is -0.419. The van der Waals surface area contributed by atoms with Crippen LogP contribution in [-0.2, 0) is 19.6 Å². The molecule has 0 aliphatic heterocycles. The molecule has 0 bridgehead atoms. The summed E-state index contributed by atoms with van der Waals surface area (Å²) in [6, 6.07) is 6.85. The molecule has 0 spiro atoms. The number of nitrogens with one attached hydrogen (secondary N) is 2. The van der Waals surface area contributed by atoms with E-state index in [2.05, 4.69) is 10.0 Å². The number of carbonyl (C=O) groups excluding carboxylic acids is 1. The number of ether oxygens (including phenoxy) is 1. The maximum Gasteiger partial charge on any atom is 0.241 e. The molecule has 140 valence electrons. The molecule has 0 heterocycles. The lowest BCUT2D eigenvalue weighted by Crippen LogP contribution is -2.48. The number of aliphatic hydroxyl groups excluding tert-OH is 1. The van der Waals surface area contributed by atoms with Crippen LogP contribution >= 0.6 is 0 Å². The van der Waals surface area contributed by atoms with E-state index >= 15 is 0 Å². The quantitative estimate of drug-likeness (QED) is 0.530. The minimum atomic E-state index is -3.82. The molecule has 25 heavy (non-hydrogen) atoms. The second kappa shape index (κ2) is 8.75. The minimum Gasteiger partial charge on any atom is -0.396 e. The second-order valence-corrected chi connectivity index (χ2v) is 8.17. The molecular weight excluding hydrogens is 344 g/mol. The van der Waals surface area contributed by atoms with Gasteiger partial charge in [0.05, 0.1) is 4.90 Å². The first-order valence-electron chi connectivity index (χ1n) is 8.37. The molecule has 1 aromatic rings. The van der Waals surface area contributed by atoms with Crippen molar-refractivity contribution in [3.8, 4) is 0 Å². The van der Waals surface area contributed by atoms with Crippen LogP contribution in [0.2, 0.25) is 0 Å². The monoisotopic (exact) mass is 370 g/mol. The minimum absolute atomic E-state index is 0.0168. The molecule has 1 fully saturated rings. The molecule has 2 rings (SSSR count). The number of methoxy groups -OCH3 is 1. The normalized spacial score (nSPS) is 17.0. The topological polar surface area (TPSA) is 105 Å². The first-order chi connectivity index (χ1) is 11.9. The predicted molar refractivity (Wildman–Crippen MR) is 93.4 cm³/mol. The number of aliphatic hydroxyl groups is 1. The van der Waals surface area contributed by atoms with Gasteiger partial charge in [0, 0.05) is 26.9 Å². The lowest BCUT2D eigenvalue weighted by molar-refractivity contribution is -0.123. The van der Waals surface area contributed by atoms with Crippen LogP contribution < -0.4 is 10.0 Å². The van der Waals surface area contributed by atoms with Gasteiger partial charge in [0.1, 0.15) is 6.04 Å². The largest absolute Gasteiger partial charge is 0.396 e. The van der Waals surface area contributed by atoms with Crippen molar-refractivity contribution >= 4 is 15.9 Å². The average molecular weight is 370 g/mol. The van der Waals surface area contributed by atoms with Crippen LogP contribution in [0.4, 0.5) is 0 Å². The van der Waals surface area contributed by atoms with Crippen LogP contribution in [0, 0.1) is 5.41 Å². The summed E-state index contributed by atoms with van der Waals surface area (Å²) in [6.45, 7) is 0.838. The summed E-state index contributed by atoms with van der Waals surface area (Å²) in [5, 5.41) is 12.0. The highest BCUT2D eigenvalue weighted by molar-refractivity contribution is 7.89. The summed E-state index contributed by atoms with van der Waals surface area (Å²) in [5.41, 5.74) is 0.0632. The van der Waals surface area contributed by atoms with Gasteiger partial charge in [-0.25, -0.2) is 8.42 Å². The SMILES string of the molecule is COCCC1(CNC(=O)[C@@H](CCO)NS(=O)(=O)c2ccccc2)CC1. The number of hydrogen-bond donors (Lipinski definition) is 3. The van der Waals surface area contributed by atoms with E-state index < -0.39 is 22.0 Å². The van der Waals surface area contributed by atoms with Gasteiger partial charge in [-0.2, -0.15) is 4.72 Å². The molecule has 0 aromatic heterocycles. The van der Waals surface area contributed by atoms with E-state index in [0.29, 0.717) is 13.2 Å². The van der Waals surface area contributed by atoms with Crippen molar-refractivity contribution in [2.75, 3.05) is 26.9 Å². The Hall–Kier alpha value is -1.48. The summed E-state index contributed by atoms with van der Waals surface area (Å²) in [4.78, 5) is 12.5. The van der Waals surface area contributed by atoms with Gasteiger partial charge in [0.25, 0.3) is 0 Å². The second-order valence-electron chi connectivity index (χ2n) is 6.46. The van der Waals surface area contributed by atoms with E-state index in [1.54, 1.807) is 25.3 Å². The van der Waals surface area contributed by atoms with Gasteiger partial charge in [0.2, 0.25) is 15.9 Å². The molecule has 1 aliphatic carbocycles. The van der Waals surface area contributed by atoms with Gasteiger partial charge < -0.3 is 15.2 Å². The smallest absolute Gasteiger partial charge is 0.241 e. The molecule has 0 saturated heterocycles. The molecule has 0 radical (unpaired) electrons. The fourth-order valence-electron chi connectivity index (χ4n) is 2.64. The van der Waals surface area contributed by atoms with Crippen LogP contribution in [-0.4, -0.2) is 52.3 Å². The zero-order valence-electron chi connectivity index (χ0n) is 14.4. The Kier molecular flexibility index (Phi) is 6.95. The third kappa shape index (κ3) is 5.78. The molecule has 1 aromatic carbocycles. The van der Waals surface area contributed by atoms with Gasteiger partial charge in [-0.1, -0.05) is 18.2 Å². The van der Waals surface area contributed by atoms with Gasteiger partial charge in [-0.15, -0.1) is 0 Å². The fourth-order valence-corrected chi connectivity index (χ4v) is 3.89. The maximum absolute atomic E-state index is 12.4. The predicted octanol–water partition coefficient (Wildman–Crippen LogP) is 0.649. The molecule has 3 N–H and O–H groups in total. The van der Waals surface area contributed by atoms with Crippen molar-refractivity contribution in [3.63, 3.8) is 0 Å². The Morgan fingerprint density at radius 1 is 1.32 bits per heavy atom. The summed E-state index contributed by atoms with van der Waals surface area (Å²) in [6.07, 6.45) is 2.93. The van der Waals surface area contributed by atoms with Gasteiger partial charge in [0.15, 0.2) is 0 Å². The highest BCUT2D eigenvalue weighted by Gasteiger charge is 2.42. The highest BCUT2D eigenvalue weighted by Crippen LogP contribution is 2.48. The van der Waals surface area contributed by atoms with Gasteiger partial charge in [-0.3, -0.25) is 4.79 Å². The van der Waals surface area contributed by atoms with E-state index in [1.807, 2.05) is 0 Å². The summed E-state index contributed by atoms with van der Waals surface area (Å²) in [7, 11) is -2.18. The standard InChI is InChI=1S/C17H26N2O5S/c1-24-12-10-17(8-9-17)13-18-16(21)15(7-11-20)19-25(22,23)14-5-3-2-4-6-14/h2-6,15,19-20H,7-13H2,1H3,(H,18,21)/t15-/m1/s1. The Morgan fingerprint density at radius 3 is 2.56 bits per heavy atom. The number of sulfonamides is 1. The number of carbonyl (C=O) groups is 1. The fraction of sp³-hybridized carbons (Fsp3) is 0.588. The van der Waals surface area contributed by atoms with Crippen LogP contribution in [0.25, 0.3) is 0 Å². The molecule has 1 atom stereocenters. The van der Waals surface area contributed by atoms with Gasteiger partial charge >= 0.3 is 0 Å². The van der Waals surface area contributed by atoms with Crippen molar-refractivity contribution in [1.29, 1.82) is 0 Å². The molecular formula is C17H26N2O5S. The zero-order chi connectivity index (χ0) is 18.3. The third-order valence-corrected chi connectivity index (χ3v) is 6.00. The third-order valence-electron chi connectivity index (χ3n) is 4.52. The van der Waals surface area contributed by atoms with Crippen LogP contribution in [0.3, 0.4) is 0 Å². The van der Waals surface area contributed by atoms with E-state index in [1.165, 1.54) is 12.1 Å². The Labute approximate surface area is 148 Å². The molecule has 1 aliphatic rings. The number of benzene rings is 1. The highest BCUT2D eigenvalue weighted by atomic mass is 32.2. The van der Waals surface area contributed by atoms with Crippen molar-refractivity contribution in [2.24, 2.45) is 5.41 Å². The van der Waals surface area contributed by atoms with Crippen molar-refractivity contribution in [1.82, 2.24) is 10.0 Å². The van der Waals surface area contributed by atoms with E-state index in [-0.39, 0.29) is 23.3 Å². The first-order valence-corrected chi connectivity index (χ1v) is 9.86. The lowest BCUT2D eigenvalue weighted by Gasteiger charge is -2.20. The van der Waals surface area contributed by atoms with Crippen LogP contribution in [0.1, 0.15) is 25.7 Å².